The van der Waals surface area contributed by atoms with Crippen molar-refractivity contribution in [2.24, 2.45) is 5.41 Å². The van der Waals surface area contributed by atoms with Crippen LogP contribution in [0.15, 0.2) is 48.8 Å². The van der Waals surface area contributed by atoms with Gasteiger partial charge >= 0.3 is 6.03 Å². The van der Waals surface area contributed by atoms with Crippen LogP contribution in [0.2, 0.25) is 0 Å². The van der Waals surface area contributed by atoms with Crippen LogP contribution in [-0.4, -0.2) is 69.3 Å². The number of hydrogen-bond acceptors (Lipinski definition) is 5. The van der Waals surface area contributed by atoms with Crippen molar-refractivity contribution in [3.05, 3.63) is 71.2 Å². The highest BCUT2D eigenvalue weighted by Gasteiger charge is 2.55. The summed E-state index contributed by atoms with van der Waals surface area (Å²) in [6.45, 7) is 9.87. The van der Waals surface area contributed by atoms with Crippen LogP contribution < -0.4 is 5.32 Å². The number of likely N-dealkylation sites (tertiary alicyclic amines) is 1. The van der Waals surface area contributed by atoms with Gasteiger partial charge < -0.3 is 20.2 Å². The number of nitrogens with zero attached hydrogens (tertiary/aromatic N) is 4. The third kappa shape index (κ3) is 4.10. The van der Waals surface area contributed by atoms with Crippen LogP contribution in [-0.2, 0) is 12.1 Å². The van der Waals surface area contributed by atoms with E-state index < -0.39 is 5.60 Å². The Kier molecular flexibility index (Phi) is 5.89. The quantitative estimate of drug-likeness (QED) is 0.488. The van der Waals surface area contributed by atoms with Gasteiger partial charge in [0.05, 0.1) is 17.9 Å². The molecule has 1 atom stereocenters. The Bertz CT molecular complexity index is 1210. The van der Waals surface area contributed by atoms with E-state index in [4.69, 9.17) is 0 Å². The van der Waals surface area contributed by atoms with Gasteiger partial charge in [0.25, 0.3) is 0 Å². The second-order valence-corrected chi connectivity index (χ2v) is 10.6. The Labute approximate surface area is 206 Å². The molecule has 35 heavy (non-hydrogen) atoms. The molecule has 8 heteroatoms. The summed E-state index contributed by atoms with van der Waals surface area (Å²) in [6.07, 6.45) is 3.54. The SMILES string of the molecule is CC(C)c1ccc([C@](O)(c2cncc(-c3cc(CN4CCNC4=O)[nH]n3)c2)C2(C)CN(C)C2)cc1. The molecule has 0 spiro atoms. The van der Waals surface area contributed by atoms with Gasteiger partial charge in [-0.1, -0.05) is 45.0 Å². The lowest BCUT2D eigenvalue weighted by molar-refractivity contribution is -0.127. The summed E-state index contributed by atoms with van der Waals surface area (Å²) in [5.74, 6) is 0.424. The van der Waals surface area contributed by atoms with Crippen molar-refractivity contribution < 1.29 is 9.90 Å². The lowest BCUT2D eigenvalue weighted by Crippen LogP contribution is -2.63. The van der Waals surface area contributed by atoms with Gasteiger partial charge in [0.2, 0.25) is 0 Å². The molecule has 0 saturated carbocycles. The van der Waals surface area contributed by atoms with Gasteiger partial charge in [-0.25, -0.2) is 4.79 Å². The zero-order valence-electron chi connectivity index (χ0n) is 20.9. The van der Waals surface area contributed by atoms with E-state index in [0.717, 1.165) is 41.2 Å². The third-order valence-corrected chi connectivity index (χ3v) is 7.50. The average Bonchev–Trinajstić information content (AvgIpc) is 3.47. The topological polar surface area (TPSA) is 97.4 Å². The smallest absolute Gasteiger partial charge is 0.317 e. The van der Waals surface area contributed by atoms with E-state index in [1.54, 1.807) is 17.3 Å². The number of rotatable bonds is 7. The molecule has 184 valence electrons. The van der Waals surface area contributed by atoms with Gasteiger partial charge in [-0.2, -0.15) is 5.10 Å². The summed E-state index contributed by atoms with van der Waals surface area (Å²) in [6, 6.07) is 12.2. The summed E-state index contributed by atoms with van der Waals surface area (Å²) in [7, 11) is 2.07. The molecule has 2 aliphatic rings. The second-order valence-electron chi connectivity index (χ2n) is 10.6. The molecule has 3 N–H and O–H groups in total. The molecule has 0 aliphatic carbocycles. The Hall–Kier alpha value is -3.23. The van der Waals surface area contributed by atoms with Crippen molar-refractivity contribution in [1.29, 1.82) is 0 Å². The molecule has 1 aromatic carbocycles. The van der Waals surface area contributed by atoms with Crippen LogP contribution in [0.5, 0.6) is 0 Å². The number of carbonyl (C=O) groups excluding carboxylic acids is 1. The molecule has 2 fully saturated rings. The first-order valence-electron chi connectivity index (χ1n) is 12.2. The van der Waals surface area contributed by atoms with E-state index in [9.17, 15) is 9.90 Å². The lowest BCUT2D eigenvalue weighted by atomic mass is 9.62. The third-order valence-electron chi connectivity index (χ3n) is 7.50. The van der Waals surface area contributed by atoms with E-state index >= 15 is 0 Å². The fraction of sp³-hybridized carbons (Fsp3) is 0.444. The zero-order chi connectivity index (χ0) is 24.8. The van der Waals surface area contributed by atoms with E-state index in [0.29, 0.717) is 25.6 Å². The van der Waals surface area contributed by atoms with Crippen LogP contribution in [0.3, 0.4) is 0 Å². The molecule has 3 aromatic rings. The molecule has 2 amide bonds. The number of H-pyrrole nitrogens is 1. The van der Waals surface area contributed by atoms with Gasteiger partial charge in [0, 0.05) is 55.1 Å². The van der Waals surface area contributed by atoms with Gasteiger partial charge in [-0.15, -0.1) is 0 Å². The van der Waals surface area contributed by atoms with Crippen molar-refractivity contribution in [2.75, 3.05) is 33.2 Å². The number of pyridine rings is 1. The number of aromatic amines is 1. The maximum atomic E-state index is 12.4. The zero-order valence-corrected chi connectivity index (χ0v) is 20.9. The van der Waals surface area contributed by atoms with Crippen molar-refractivity contribution in [3.8, 4) is 11.3 Å². The molecule has 0 radical (unpaired) electrons. The van der Waals surface area contributed by atoms with Crippen molar-refractivity contribution >= 4 is 6.03 Å². The predicted molar refractivity (Wildman–Crippen MR) is 135 cm³/mol. The average molecular weight is 475 g/mol. The Morgan fingerprint density at radius 3 is 2.51 bits per heavy atom. The molecule has 5 rings (SSSR count). The first-order chi connectivity index (χ1) is 16.7. The minimum atomic E-state index is -1.20. The first-order valence-corrected chi connectivity index (χ1v) is 12.2. The molecule has 2 aliphatic heterocycles. The summed E-state index contributed by atoms with van der Waals surface area (Å²) in [5.41, 5.74) is 3.73. The Morgan fingerprint density at radius 2 is 1.89 bits per heavy atom. The molecule has 2 saturated heterocycles. The summed E-state index contributed by atoms with van der Waals surface area (Å²) in [5, 5.41) is 22.8. The number of amides is 2. The summed E-state index contributed by atoms with van der Waals surface area (Å²) >= 11 is 0. The normalized spacial score (nSPS) is 19.5. The van der Waals surface area contributed by atoms with Crippen LogP contribution in [0.1, 0.15) is 49.1 Å². The fourth-order valence-corrected chi connectivity index (χ4v) is 5.58. The standard InChI is InChI=1S/C27H34N6O2/c1-18(2)19-5-7-21(8-6-19)27(35,26(3)16-32(4)17-26)22-11-20(13-28-14-22)24-12-23(30-31-24)15-33-10-9-29-25(33)34/h5-8,11-14,18,35H,9-10,15-17H2,1-4H3,(H,29,34)(H,30,31)/t27-/m0/s1. The Balaban J connectivity index is 1.50. The number of aliphatic hydroxyl groups is 1. The number of benzene rings is 1. The number of nitrogens with one attached hydrogen (secondary N) is 2. The van der Waals surface area contributed by atoms with Crippen molar-refractivity contribution in [1.82, 2.24) is 30.3 Å². The monoisotopic (exact) mass is 474 g/mol. The number of aromatic nitrogens is 3. The van der Waals surface area contributed by atoms with Gasteiger partial charge in [0.15, 0.2) is 0 Å². The fourth-order valence-electron chi connectivity index (χ4n) is 5.58. The van der Waals surface area contributed by atoms with Crippen LogP contribution in [0.4, 0.5) is 4.79 Å². The minimum absolute atomic E-state index is 0.0583. The van der Waals surface area contributed by atoms with Gasteiger partial charge in [-0.3, -0.25) is 10.1 Å². The van der Waals surface area contributed by atoms with E-state index in [1.807, 2.05) is 12.1 Å². The molecule has 0 unspecified atom stereocenters. The highest BCUT2D eigenvalue weighted by atomic mass is 16.3. The van der Waals surface area contributed by atoms with Crippen LogP contribution >= 0.6 is 0 Å². The minimum Gasteiger partial charge on any atom is -0.380 e. The summed E-state index contributed by atoms with van der Waals surface area (Å²) in [4.78, 5) is 20.4. The largest absolute Gasteiger partial charge is 0.380 e. The molecule has 8 nitrogen and oxygen atoms in total. The highest BCUT2D eigenvalue weighted by Crippen LogP contribution is 2.50. The maximum Gasteiger partial charge on any atom is 0.317 e. The molecule has 0 bridgehead atoms. The second kappa shape index (κ2) is 8.77. The molecule has 4 heterocycles. The van der Waals surface area contributed by atoms with Crippen molar-refractivity contribution in [3.63, 3.8) is 0 Å². The molecular weight excluding hydrogens is 440 g/mol. The Morgan fingerprint density at radius 1 is 1.14 bits per heavy atom. The maximum absolute atomic E-state index is 12.4. The lowest BCUT2D eigenvalue weighted by Gasteiger charge is -2.55. The van der Waals surface area contributed by atoms with Crippen molar-refractivity contribution in [2.45, 2.75) is 38.8 Å². The summed E-state index contributed by atoms with van der Waals surface area (Å²) < 4.78 is 0. The van der Waals surface area contributed by atoms with Crippen LogP contribution in [0.25, 0.3) is 11.3 Å². The van der Waals surface area contributed by atoms with Gasteiger partial charge in [-0.05, 0) is 36.2 Å². The molecule has 2 aromatic heterocycles. The van der Waals surface area contributed by atoms with E-state index in [2.05, 4.69) is 77.5 Å². The van der Waals surface area contributed by atoms with E-state index in [-0.39, 0.29) is 11.4 Å². The van der Waals surface area contributed by atoms with E-state index in [1.165, 1.54) is 5.56 Å². The number of urea groups is 1. The first kappa shape index (κ1) is 23.5. The predicted octanol–water partition coefficient (Wildman–Crippen LogP) is 3.31. The number of hydrogen-bond donors (Lipinski definition) is 3. The highest BCUT2D eigenvalue weighted by molar-refractivity contribution is 5.76. The molecular formula is C27H34N6O2. The van der Waals surface area contributed by atoms with Crippen LogP contribution in [0, 0.1) is 5.41 Å². The number of carbonyl (C=O) groups is 1. The van der Waals surface area contributed by atoms with Gasteiger partial charge in [0.1, 0.15) is 5.60 Å².